The van der Waals surface area contributed by atoms with Gasteiger partial charge in [-0.1, -0.05) is 93.5 Å². The molecule has 1 aliphatic heterocycles. The van der Waals surface area contributed by atoms with Crippen molar-refractivity contribution < 1.29 is 0 Å². The summed E-state index contributed by atoms with van der Waals surface area (Å²) in [5.41, 5.74) is 11.3. The molecule has 0 fully saturated rings. The molecule has 1 nitrogen and oxygen atoms in total. The van der Waals surface area contributed by atoms with Crippen molar-refractivity contribution in [2.75, 3.05) is 5.32 Å². The first kappa shape index (κ1) is 21.0. The Morgan fingerprint density at radius 1 is 0.750 bits per heavy atom. The maximum absolute atomic E-state index is 3.87. The molecule has 0 saturated heterocycles. The Kier molecular flexibility index (Phi) is 4.77. The minimum absolute atomic E-state index is 0.0349. The van der Waals surface area contributed by atoms with Crippen LogP contribution < -0.4 is 5.32 Å². The molecule has 0 aromatic heterocycles. The topological polar surface area (TPSA) is 12.0 Å². The van der Waals surface area contributed by atoms with E-state index in [1.165, 1.54) is 44.8 Å². The van der Waals surface area contributed by atoms with Gasteiger partial charge in [0.2, 0.25) is 0 Å². The van der Waals surface area contributed by atoms with E-state index in [0.717, 1.165) is 0 Å². The molecule has 28 heavy (non-hydrogen) atoms. The Hall–Kier alpha value is -1.76. The van der Waals surface area contributed by atoms with Crippen molar-refractivity contribution in [1.29, 1.82) is 0 Å². The SMILES string of the molecule is Cc1cc(C(C)(C)C)cc2c1Nc1c(C(C)C)cc(C(C)(C)C)cc1C2(C)C. The molecule has 0 aliphatic carbocycles. The van der Waals surface area contributed by atoms with E-state index in [1.807, 2.05) is 0 Å². The lowest BCUT2D eigenvalue weighted by Gasteiger charge is -2.40. The highest BCUT2D eigenvalue weighted by molar-refractivity contribution is 5.81. The maximum Gasteiger partial charge on any atom is 0.0461 e. The van der Waals surface area contributed by atoms with Crippen LogP contribution in [0.4, 0.5) is 11.4 Å². The molecule has 0 radical (unpaired) electrons. The quantitative estimate of drug-likeness (QED) is 0.529. The molecule has 0 unspecified atom stereocenters. The van der Waals surface area contributed by atoms with Crippen molar-refractivity contribution in [2.45, 2.75) is 98.3 Å². The molecule has 0 saturated carbocycles. The second kappa shape index (κ2) is 6.37. The number of nitrogens with one attached hydrogen (secondary N) is 1. The molecule has 2 aromatic carbocycles. The Morgan fingerprint density at radius 2 is 1.21 bits per heavy atom. The van der Waals surface area contributed by atoms with Gasteiger partial charge in [-0.25, -0.2) is 0 Å². The molecular formula is C27H39N. The van der Waals surface area contributed by atoms with E-state index in [0.29, 0.717) is 5.92 Å². The third-order valence-electron chi connectivity index (χ3n) is 6.46. The Balaban J connectivity index is 2.34. The monoisotopic (exact) mass is 377 g/mol. The van der Waals surface area contributed by atoms with Gasteiger partial charge in [-0.15, -0.1) is 0 Å². The summed E-state index contributed by atoms with van der Waals surface area (Å²) in [5, 5.41) is 3.87. The number of hydrogen-bond acceptors (Lipinski definition) is 1. The smallest absolute Gasteiger partial charge is 0.0461 e. The summed E-state index contributed by atoms with van der Waals surface area (Å²) in [4.78, 5) is 0. The number of fused-ring (bicyclic) bond motifs is 2. The first-order valence-corrected chi connectivity index (χ1v) is 10.8. The van der Waals surface area contributed by atoms with E-state index in [9.17, 15) is 0 Å². The minimum Gasteiger partial charge on any atom is -0.355 e. The summed E-state index contributed by atoms with van der Waals surface area (Å²) in [7, 11) is 0. The predicted molar refractivity (Wildman–Crippen MR) is 125 cm³/mol. The standard InChI is InChI=1S/C27H39N/c1-16(2)20-13-19(26(7,8)9)15-22-24(20)28-23-17(3)12-18(25(4,5)6)14-21(23)27(22,10)11/h12-16,28H,1-11H3. The van der Waals surface area contributed by atoms with Gasteiger partial charge in [-0.05, 0) is 57.1 Å². The molecule has 1 aliphatic rings. The highest BCUT2D eigenvalue weighted by atomic mass is 14.9. The number of aryl methyl sites for hydroxylation is 1. The molecular weight excluding hydrogens is 338 g/mol. The first-order chi connectivity index (χ1) is 12.6. The van der Waals surface area contributed by atoms with E-state index in [2.05, 4.69) is 106 Å². The summed E-state index contributed by atoms with van der Waals surface area (Å²) < 4.78 is 0. The Labute approximate surface area is 173 Å². The van der Waals surface area contributed by atoms with E-state index < -0.39 is 0 Å². The highest BCUT2D eigenvalue weighted by Gasteiger charge is 2.37. The largest absolute Gasteiger partial charge is 0.355 e. The molecule has 0 spiro atoms. The molecule has 1 heteroatoms. The van der Waals surface area contributed by atoms with Crippen LogP contribution >= 0.6 is 0 Å². The second-order valence-electron chi connectivity index (χ2n) is 11.6. The fraction of sp³-hybridized carbons (Fsp3) is 0.556. The second-order valence-corrected chi connectivity index (χ2v) is 11.6. The summed E-state index contributed by atoms with van der Waals surface area (Å²) in [6.07, 6.45) is 0. The number of hydrogen-bond donors (Lipinski definition) is 1. The van der Waals surface area contributed by atoms with Gasteiger partial charge in [0.25, 0.3) is 0 Å². The summed E-state index contributed by atoms with van der Waals surface area (Å²) in [6.45, 7) is 25.5. The van der Waals surface area contributed by atoms with Crippen LogP contribution in [-0.4, -0.2) is 0 Å². The van der Waals surface area contributed by atoms with Crippen molar-refractivity contribution in [3.63, 3.8) is 0 Å². The molecule has 1 heterocycles. The summed E-state index contributed by atoms with van der Waals surface area (Å²) in [5.74, 6) is 0.482. The van der Waals surface area contributed by atoms with Crippen LogP contribution in [0.15, 0.2) is 24.3 Å². The lowest BCUT2D eigenvalue weighted by molar-refractivity contribution is 0.572. The van der Waals surface area contributed by atoms with Gasteiger partial charge < -0.3 is 5.32 Å². The normalized spacial score (nSPS) is 15.9. The van der Waals surface area contributed by atoms with E-state index in [-0.39, 0.29) is 16.2 Å². The van der Waals surface area contributed by atoms with E-state index in [4.69, 9.17) is 0 Å². The lowest BCUT2D eigenvalue weighted by atomic mass is 9.69. The van der Waals surface area contributed by atoms with Crippen LogP contribution in [0.1, 0.15) is 109 Å². The minimum atomic E-state index is -0.0349. The summed E-state index contributed by atoms with van der Waals surface area (Å²) >= 11 is 0. The summed E-state index contributed by atoms with van der Waals surface area (Å²) in [6, 6.07) is 9.69. The van der Waals surface area contributed by atoms with Crippen molar-refractivity contribution >= 4 is 11.4 Å². The fourth-order valence-corrected chi connectivity index (χ4v) is 4.33. The first-order valence-electron chi connectivity index (χ1n) is 10.8. The predicted octanol–water partition coefficient (Wildman–Crippen LogP) is 8.10. The van der Waals surface area contributed by atoms with Crippen molar-refractivity contribution in [3.8, 4) is 0 Å². The average molecular weight is 378 g/mol. The number of rotatable bonds is 1. The third kappa shape index (κ3) is 3.38. The maximum atomic E-state index is 3.87. The molecule has 3 rings (SSSR count). The van der Waals surface area contributed by atoms with Crippen LogP contribution in [0.25, 0.3) is 0 Å². The van der Waals surface area contributed by atoms with Crippen LogP contribution in [0, 0.1) is 6.92 Å². The van der Waals surface area contributed by atoms with Crippen LogP contribution in [0.2, 0.25) is 0 Å². The zero-order chi connectivity index (χ0) is 21.2. The molecule has 1 N–H and O–H groups in total. The van der Waals surface area contributed by atoms with Crippen LogP contribution in [-0.2, 0) is 16.2 Å². The van der Waals surface area contributed by atoms with Crippen molar-refractivity contribution in [3.05, 3.63) is 57.6 Å². The van der Waals surface area contributed by atoms with Crippen LogP contribution in [0.5, 0.6) is 0 Å². The van der Waals surface area contributed by atoms with E-state index >= 15 is 0 Å². The van der Waals surface area contributed by atoms with Gasteiger partial charge in [-0.3, -0.25) is 0 Å². The fourth-order valence-electron chi connectivity index (χ4n) is 4.33. The molecule has 2 aromatic rings. The zero-order valence-electron chi connectivity index (χ0n) is 19.9. The van der Waals surface area contributed by atoms with Crippen LogP contribution in [0.3, 0.4) is 0 Å². The zero-order valence-corrected chi connectivity index (χ0v) is 19.9. The van der Waals surface area contributed by atoms with Gasteiger partial charge in [0.05, 0.1) is 0 Å². The number of anilines is 2. The Bertz CT molecular complexity index is 915. The van der Waals surface area contributed by atoms with Gasteiger partial charge in [0, 0.05) is 16.8 Å². The van der Waals surface area contributed by atoms with Gasteiger partial charge in [-0.2, -0.15) is 0 Å². The lowest BCUT2D eigenvalue weighted by Crippen LogP contribution is -2.29. The molecule has 0 amide bonds. The Morgan fingerprint density at radius 3 is 1.68 bits per heavy atom. The van der Waals surface area contributed by atoms with E-state index in [1.54, 1.807) is 0 Å². The molecule has 0 bridgehead atoms. The molecule has 0 atom stereocenters. The highest BCUT2D eigenvalue weighted by Crippen LogP contribution is 2.51. The van der Waals surface area contributed by atoms with Gasteiger partial charge in [0.15, 0.2) is 0 Å². The average Bonchev–Trinajstić information content (AvgIpc) is 2.53. The van der Waals surface area contributed by atoms with Gasteiger partial charge >= 0.3 is 0 Å². The molecule has 152 valence electrons. The van der Waals surface area contributed by atoms with Gasteiger partial charge in [0.1, 0.15) is 0 Å². The van der Waals surface area contributed by atoms with Crippen molar-refractivity contribution in [2.24, 2.45) is 0 Å². The number of benzene rings is 2. The third-order valence-corrected chi connectivity index (χ3v) is 6.46. The van der Waals surface area contributed by atoms with Crippen molar-refractivity contribution in [1.82, 2.24) is 0 Å².